The van der Waals surface area contributed by atoms with Gasteiger partial charge in [-0.15, -0.1) is 0 Å². The van der Waals surface area contributed by atoms with Gasteiger partial charge in [0.15, 0.2) is 11.7 Å². The summed E-state index contributed by atoms with van der Waals surface area (Å²) in [6.45, 7) is 4.95. The number of nitrogens with one attached hydrogen (secondary N) is 1. The first-order chi connectivity index (χ1) is 16.5. The molecule has 0 spiro atoms. The van der Waals surface area contributed by atoms with Crippen LogP contribution in [0, 0.1) is 40.3 Å². The van der Waals surface area contributed by atoms with Gasteiger partial charge in [-0.3, -0.25) is 9.79 Å². The highest BCUT2D eigenvalue weighted by molar-refractivity contribution is 6.01. The van der Waals surface area contributed by atoms with E-state index in [4.69, 9.17) is 0 Å². The zero-order chi connectivity index (χ0) is 24.3. The molecule has 3 rings (SSSR count). The predicted molar refractivity (Wildman–Crippen MR) is 131 cm³/mol. The Balaban J connectivity index is 1.48. The molecule has 0 saturated carbocycles. The molecule has 2 aromatic rings. The molecule has 1 N–H and O–H groups in total. The number of carbonyl (C=O) groups excluding carboxylic acids is 1. The number of hydrogen-bond donors (Lipinski definition) is 1. The molecule has 7 heteroatoms. The van der Waals surface area contributed by atoms with E-state index in [0.717, 1.165) is 45.3 Å². The third-order valence-corrected chi connectivity index (χ3v) is 6.13. The summed E-state index contributed by atoms with van der Waals surface area (Å²) in [7, 11) is 0. The molecule has 176 valence electrons. The van der Waals surface area contributed by atoms with Crippen molar-refractivity contribution in [2.24, 2.45) is 16.8 Å². The van der Waals surface area contributed by atoms with Crippen molar-refractivity contribution in [3.8, 4) is 12.1 Å². The fourth-order valence-electron chi connectivity index (χ4n) is 4.18. The van der Waals surface area contributed by atoms with Crippen LogP contribution < -0.4 is 5.32 Å². The van der Waals surface area contributed by atoms with Crippen LogP contribution in [0.15, 0.2) is 53.5 Å². The van der Waals surface area contributed by atoms with E-state index in [-0.39, 0.29) is 11.6 Å². The Kier molecular flexibility index (Phi) is 9.31. The molecule has 0 unspecified atom stereocenters. The molecule has 34 heavy (non-hydrogen) atoms. The molecule has 1 saturated heterocycles. The van der Waals surface area contributed by atoms with Crippen LogP contribution in [0.1, 0.15) is 42.1 Å². The lowest BCUT2D eigenvalue weighted by Crippen LogP contribution is -2.35. The van der Waals surface area contributed by atoms with Crippen molar-refractivity contribution in [1.82, 2.24) is 4.90 Å². The highest BCUT2D eigenvalue weighted by Gasteiger charge is 2.19. The maximum Gasteiger partial charge on any atom is 0.190 e. The predicted octanol–water partition coefficient (Wildman–Crippen LogP) is 4.85. The Labute approximate surface area is 200 Å². The smallest absolute Gasteiger partial charge is 0.190 e. The van der Waals surface area contributed by atoms with Crippen molar-refractivity contribution in [2.45, 2.75) is 32.6 Å². The van der Waals surface area contributed by atoms with E-state index < -0.39 is 5.92 Å². The van der Waals surface area contributed by atoms with Gasteiger partial charge < -0.3 is 10.2 Å². The Morgan fingerprint density at radius 2 is 1.88 bits per heavy atom. The number of hydrogen-bond acceptors (Lipinski definition) is 5. The van der Waals surface area contributed by atoms with Crippen LogP contribution in [-0.4, -0.2) is 42.7 Å². The maximum atomic E-state index is 13.1. The number of halogens is 1. The number of nitriles is 2. The number of piperidine rings is 1. The summed E-state index contributed by atoms with van der Waals surface area (Å²) >= 11 is 0. The van der Waals surface area contributed by atoms with Crippen molar-refractivity contribution >= 4 is 17.3 Å². The average molecular weight is 460 g/mol. The summed E-state index contributed by atoms with van der Waals surface area (Å²) in [6, 6.07) is 17.7. The number of Topliss-reactive ketones (excluding diaryl/α,β-unsaturated/α-hetero) is 1. The van der Waals surface area contributed by atoms with Crippen LogP contribution in [-0.2, 0) is 6.42 Å². The molecule has 2 aromatic carbocycles. The number of carbonyl (C=O) groups is 1. The van der Waals surface area contributed by atoms with E-state index in [1.807, 2.05) is 24.3 Å². The number of anilines is 1. The van der Waals surface area contributed by atoms with Crippen LogP contribution in [0.5, 0.6) is 0 Å². The highest BCUT2D eigenvalue weighted by atomic mass is 19.1. The molecule has 1 aliphatic heterocycles. The Bertz CT molecular complexity index is 1060. The highest BCUT2D eigenvalue weighted by Crippen LogP contribution is 2.22. The zero-order valence-electron chi connectivity index (χ0n) is 19.5. The quantitative estimate of drug-likeness (QED) is 0.251. The Morgan fingerprint density at radius 3 is 2.53 bits per heavy atom. The van der Waals surface area contributed by atoms with Crippen molar-refractivity contribution in [1.29, 1.82) is 10.5 Å². The van der Waals surface area contributed by atoms with Crippen molar-refractivity contribution < 1.29 is 9.18 Å². The SMILES string of the molecule is CC(=O)c1cccc(NC(=NCCCN2CCC(Cc3ccc(F)cc3)CC2)C(C#N)C#N)c1. The second-order valence-electron chi connectivity index (χ2n) is 8.69. The first kappa shape index (κ1) is 25.1. The van der Waals surface area contributed by atoms with Crippen LogP contribution in [0.2, 0.25) is 0 Å². The molecule has 0 radical (unpaired) electrons. The van der Waals surface area contributed by atoms with Gasteiger partial charge in [0.05, 0.1) is 12.1 Å². The first-order valence-electron chi connectivity index (χ1n) is 11.7. The van der Waals surface area contributed by atoms with E-state index in [1.165, 1.54) is 24.6 Å². The van der Waals surface area contributed by atoms with Gasteiger partial charge in [-0.25, -0.2) is 4.39 Å². The lowest BCUT2D eigenvalue weighted by atomic mass is 9.90. The van der Waals surface area contributed by atoms with Crippen molar-refractivity contribution in [2.75, 3.05) is 31.5 Å². The summed E-state index contributed by atoms with van der Waals surface area (Å²) in [4.78, 5) is 18.6. The lowest BCUT2D eigenvalue weighted by Gasteiger charge is -2.32. The summed E-state index contributed by atoms with van der Waals surface area (Å²) in [5.41, 5.74) is 2.37. The third kappa shape index (κ3) is 7.50. The van der Waals surface area contributed by atoms with Gasteiger partial charge in [-0.1, -0.05) is 24.3 Å². The third-order valence-electron chi connectivity index (χ3n) is 6.13. The first-order valence-corrected chi connectivity index (χ1v) is 11.7. The molecule has 0 amide bonds. The molecular formula is C27H30FN5O. The fourth-order valence-corrected chi connectivity index (χ4v) is 4.18. The van der Waals surface area contributed by atoms with E-state index in [9.17, 15) is 19.7 Å². The molecule has 6 nitrogen and oxygen atoms in total. The van der Waals surface area contributed by atoms with Gasteiger partial charge in [0.1, 0.15) is 11.7 Å². The number of amidine groups is 1. The normalized spacial score (nSPS) is 15.0. The number of rotatable bonds is 9. The topological polar surface area (TPSA) is 92.3 Å². The summed E-state index contributed by atoms with van der Waals surface area (Å²) in [5, 5.41) is 21.8. The molecule has 0 aliphatic carbocycles. The Morgan fingerprint density at radius 1 is 1.18 bits per heavy atom. The van der Waals surface area contributed by atoms with Crippen molar-refractivity contribution in [3.63, 3.8) is 0 Å². The number of ketones is 1. The second kappa shape index (κ2) is 12.6. The standard InChI is InChI=1S/C27H30FN5O/c1-20(34)23-4-2-5-26(17-23)32-27(24(18-29)19-30)31-12-3-13-33-14-10-22(11-15-33)16-21-6-8-25(28)9-7-21/h2,4-9,17,22,24H,3,10-16H2,1H3,(H,31,32). The van der Waals surface area contributed by atoms with Gasteiger partial charge in [0.2, 0.25) is 0 Å². The summed E-state index contributed by atoms with van der Waals surface area (Å²) in [6.07, 6.45) is 4.04. The van der Waals surface area contributed by atoms with Crippen molar-refractivity contribution in [3.05, 3.63) is 65.5 Å². The molecule has 1 fully saturated rings. The summed E-state index contributed by atoms with van der Waals surface area (Å²) < 4.78 is 13.1. The number of aliphatic imine (C=N–C) groups is 1. The number of benzene rings is 2. The van der Waals surface area contributed by atoms with Crippen LogP contribution in [0.25, 0.3) is 0 Å². The van der Waals surface area contributed by atoms with Gasteiger partial charge in [0.25, 0.3) is 0 Å². The van der Waals surface area contributed by atoms with Gasteiger partial charge in [-0.05, 0) is 88.0 Å². The lowest BCUT2D eigenvalue weighted by molar-refractivity contribution is 0.101. The number of nitrogens with zero attached hydrogens (tertiary/aromatic N) is 4. The minimum absolute atomic E-state index is 0.0549. The fraction of sp³-hybridized carbons (Fsp3) is 0.407. The largest absolute Gasteiger partial charge is 0.342 e. The minimum atomic E-state index is -0.997. The molecule has 0 atom stereocenters. The van der Waals surface area contributed by atoms with Crippen LogP contribution in [0.4, 0.5) is 10.1 Å². The second-order valence-corrected chi connectivity index (χ2v) is 8.69. The molecule has 0 aromatic heterocycles. The molecule has 1 heterocycles. The van der Waals surface area contributed by atoms with Crippen LogP contribution >= 0.6 is 0 Å². The molecule has 0 bridgehead atoms. The van der Waals surface area contributed by atoms with Crippen LogP contribution in [0.3, 0.4) is 0 Å². The van der Waals surface area contributed by atoms with E-state index in [0.29, 0.717) is 29.5 Å². The van der Waals surface area contributed by atoms with E-state index in [2.05, 4.69) is 15.2 Å². The van der Waals surface area contributed by atoms with E-state index in [1.54, 1.807) is 24.3 Å². The van der Waals surface area contributed by atoms with E-state index >= 15 is 0 Å². The van der Waals surface area contributed by atoms with Gasteiger partial charge in [-0.2, -0.15) is 10.5 Å². The molecular weight excluding hydrogens is 429 g/mol. The zero-order valence-corrected chi connectivity index (χ0v) is 19.5. The summed E-state index contributed by atoms with van der Waals surface area (Å²) in [5.74, 6) is -0.319. The maximum absolute atomic E-state index is 13.1. The number of likely N-dealkylation sites (tertiary alicyclic amines) is 1. The average Bonchev–Trinajstić information content (AvgIpc) is 2.85. The van der Waals surface area contributed by atoms with Gasteiger partial charge >= 0.3 is 0 Å². The molecule has 1 aliphatic rings. The van der Waals surface area contributed by atoms with Gasteiger partial charge in [0, 0.05) is 17.8 Å². The Hall–Kier alpha value is -3.55. The monoisotopic (exact) mass is 459 g/mol. The minimum Gasteiger partial charge on any atom is -0.342 e.